The quantitative estimate of drug-likeness (QED) is 0.172. The van der Waals surface area contributed by atoms with E-state index in [9.17, 15) is 4.79 Å². The van der Waals surface area contributed by atoms with Crippen molar-refractivity contribution in [3.05, 3.63) is 218 Å². The molecule has 0 heterocycles. The van der Waals surface area contributed by atoms with Gasteiger partial charge in [0, 0.05) is 11.1 Å². The van der Waals surface area contributed by atoms with Gasteiger partial charge in [0.1, 0.15) is 0 Å². The van der Waals surface area contributed by atoms with Gasteiger partial charge in [-0.3, -0.25) is 4.79 Å². The lowest BCUT2D eigenvalue weighted by atomic mass is 9.68. The van der Waals surface area contributed by atoms with Gasteiger partial charge in [-0.15, -0.1) is 0 Å². The van der Waals surface area contributed by atoms with E-state index in [4.69, 9.17) is 0 Å². The van der Waals surface area contributed by atoms with Crippen LogP contribution in [0.15, 0.2) is 162 Å². The molecule has 246 valence electrons. The number of ketones is 1. The zero-order valence-corrected chi connectivity index (χ0v) is 29.3. The number of rotatable bonds is 2. The van der Waals surface area contributed by atoms with Crippen molar-refractivity contribution in [1.82, 2.24) is 0 Å². The molecule has 1 nitrogen and oxygen atoms in total. The summed E-state index contributed by atoms with van der Waals surface area (Å²) in [5.74, 6) is 1.32. The highest BCUT2D eigenvalue weighted by Crippen LogP contribution is 2.68. The Balaban J connectivity index is 1.06. The lowest BCUT2D eigenvalue weighted by Crippen LogP contribution is -2.28. The van der Waals surface area contributed by atoms with Crippen LogP contribution in [0.5, 0.6) is 0 Å². The van der Waals surface area contributed by atoms with E-state index in [1.807, 2.05) is 0 Å². The standard InChI is InChI=1S/C51H36O/c1-29-30(2)50(41-17-9-6-12-34(29)41)42-16-5-3-4-13-35(42)37-23-20-32(27-46(37)50)49(52)33-21-24-38-36-14-7-10-18-43(36)51(47(38)28-33)44-19-11-8-15-39(44)48-40-26-31(40)22-25-45(48)51/h4-25,27-28,31,40H,3,26H2,1-2H3. The van der Waals surface area contributed by atoms with Crippen LogP contribution in [0.1, 0.15) is 87.1 Å². The Hall–Kier alpha value is -5.79. The predicted molar refractivity (Wildman–Crippen MR) is 211 cm³/mol. The van der Waals surface area contributed by atoms with Crippen LogP contribution in [0.3, 0.4) is 0 Å². The molecule has 5 aromatic carbocycles. The SMILES string of the molecule is CC1=C(C)C2(C3=C(C=CCC=C3)c3ccc(C(=O)c4ccc5c(c4)C4(C6=C(c7ccccc74)C4CC4C=C6)c4ccccc4-5)cc32)c2ccccc21. The van der Waals surface area contributed by atoms with E-state index in [1.54, 1.807) is 0 Å². The first-order valence-electron chi connectivity index (χ1n) is 18.9. The molecule has 1 fully saturated rings. The van der Waals surface area contributed by atoms with Crippen LogP contribution in [0.25, 0.3) is 27.8 Å². The molecule has 4 atom stereocenters. The molecule has 0 aromatic heterocycles. The number of hydrogen-bond donors (Lipinski definition) is 0. The molecule has 5 aromatic rings. The summed E-state index contributed by atoms with van der Waals surface area (Å²) in [6.45, 7) is 4.56. The molecule has 52 heavy (non-hydrogen) atoms. The molecule has 0 amide bonds. The number of hydrogen-bond acceptors (Lipinski definition) is 1. The Kier molecular flexibility index (Phi) is 5.41. The van der Waals surface area contributed by atoms with Crippen LogP contribution >= 0.6 is 0 Å². The van der Waals surface area contributed by atoms with Gasteiger partial charge in [0.15, 0.2) is 5.78 Å². The van der Waals surface area contributed by atoms with Crippen LogP contribution in [0.2, 0.25) is 0 Å². The van der Waals surface area contributed by atoms with Crippen molar-refractivity contribution >= 4 is 22.5 Å². The van der Waals surface area contributed by atoms with Gasteiger partial charge < -0.3 is 0 Å². The minimum atomic E-state index is -0.423. The zero-order valence-electron chi connectivity index (χ0n) is 29.3. The average molecular weight is 665 g/mol. The number of fused-ring (bicyclic) bond motifs is 17. The van der Waals surface area contributed by atoms with Crippen LogP contribution in [0, 0.1) is 11.8 Å². The van der Waals surface area contributed by atoms with Crippen molar-refractivity contribution in [2.24, 2.45) is 11.8 Å². The van der Waals surface area contributed by atoms with Crippen molar-refractivity contribution < 1.29 is 4.79 Å². The molecule has 12 rings (SSSR count). The average Bonchev–Trinajstić information content (AvgIpc) is 3.79. The van der Waals surface area contributed by atoms with E-state index in [-0.39, 0.29) is 5.78 Å². The van der Waals surface area contributed by atoms with Gasteiger partial charge in [-0.05, 0) is 134 Å². The molecular formula is C51H36O. The second-order valence-corrected chi connectivity index (χ2v) is 15.8. The van der Waals surface area contributed by atoms with E-state index < -0.39 is 10.8 Å². The molecule has 1 heteroatoms. The number of benzene rings is 5. The van der Waals surface area contributed by atoms with E-state index in [0.717, 1.165) is 17.5 Å². The summed E-state index contributed by atoms with van der Waals surface area (Å²) in [6, 6.07) is 40.0. The Morgan fingerprint density at radius 1 is 0.577 bits per heavy atom. The van der Waals surface area contributed by atoms with Crippen molar-refractivity contribution in [3.63, 3.8) is 0 Å². The third kappa shape index (κ3) is 3.22. The molecule has 2 spiro atoms. The summed E-state index contributed by atoms with van der Waals surface area (Å²) < 4.78 is 0. The molecule has 4 unspecified atom stereocenters. The van der Waals surface area contributed by atoms with Gasteiger partial charge in [-0.25, -0.2) is 0 Å². The number of allylic oxidation sites excluding steroid dienone is 12. The normalized spacial score (nSPS) is 25.9. The Morgan fingerprint density at radius 2 is 1.17 bits per heavy atom. The minimum Gasteiger partial charge on any atom is -0.289 e. The minimum absolute atomic E-state index is 0.0756. The summed E-state index contributed by atoms with van der Waals surface area (Å²) in [4.78, 5) is 15.0. The first kappa shape index (κ1) is 28.9. The highest BCUT2D eigenvalue weighted by molar-refractivity contribution is 6.11. The Morgan fingerprint density at radius 3 is 1.94 bits per heavy atom. The summed E-state index contributed by atoms with van der Waals surface area (Å²) >= 11 is 0. The summed E-state index contributed by atoms with van der Waals surface area (Å²) in [6.07, 6.45) is 16.2. The van der Waals surface area contributed by atoms with Gasteiger partial charge in [-0.2, -0.15) is 0 Å². The van der Waals surface area contributed by atoms with Crippen LogP contribution in [0.4, 0.5) is 0 Å². The molecular weight excluding hydrogens is 629 g/mol. The number of carbonyl (C=O) groups excluding carboxylic acids is 1. The molecule has 0 bridgehead atoms. The fourth-order valence-electron chi connectivity index (χ4n) is 11.4. The van der Waals surface area contributed by atoms with Crippen molar-refractivity contribution in [3.8, 4) is 11.1 Å². The van der Waals surface area contributed by atoms with Crippen LogP contribution in [-0.2, 0) is 10.8 Å². The van der Waals surface area contributed by atoms with Crippen LogP contribution in [-0.4, -0.2) is 5.78 Å². The zero-order chi connectivity index (χ0) is 34.5. The third-order valence-corrected chi connectivity index (χ3v) is 13.7. The topological polar surface area (TPSA) is 17.1 Å². The van der Waals surface area contributed by atoms with Crippen molar-refractivity contribution in [2.75, 3.05) is 0 Å². The lowest BCUT2D eigenvalue weighted by Gasteiger charge is -2.33. The maximum absolute atomic E-state index is 15.0. The van der Waals surface area contributed by atoms with Gasteiger partial charge in [0.2, 0.25) is 0 Å². The summed E-state index contributed by atoms with van der Waals surface area (Å²) in [5, 5.41) is 0. The molecule has 0 aliphatic heterocycles. The second kappa shape index (κ2) is 9.75. The van der Waals surface area contributed by atoms with E-state index in [0.29, 0.717) is 11.8 Å². The third-order valence-electron chi connectivity index (χ3n) is 13.7. The first-order valence-corrected chi connectivity index (χ1v) is 18.9. The summed E-state index contributed by atoms with van der Waals surface area (Å²) in [5.41, 5.74) is 21.8. The Bertz CT molecular complexity index is 2740. The van der Waals surface area contributed by atoms with Gasteiger partial charge in [0.05, 0.1) is 10.8 Å². The predicted octanol–water partition coefficient (Wildman–Crippen LogP) is 11.6. The van der Waals surface area contributed by atoms with E-state index in [1.165, 1.54) is 95.5 Å². The highest BCUT2D eigenvalue weighted by atomic mass is 16.1. The molecule has 1 saturated carbocycles. The van der Waals surface area contributed by atoms with Gasteiger partial charge in [-0.1, -0.05) is 139 Å². The molecule has 0 saturated heterocycles. The van der Waals surface area contributed by atoms with Gasteiger partial charge in [0.25, 0.3) is 0 Å². The maximum atomic E-state index is 15.0. The smallest absolute Gasteiger partial charge is 0.193 e. The Labute approximate surface area is 304 Å². The molecule has 7 aliphatic rings. The highest BCUT2D eigenvalue weighted by Gasteiger charge is 2.57. The lowest BCUT2D eigenvalue weighted by molar-refractivity contribution is 0.103. The molecule has 0 radical (unpaired) electrons. The summed E-state index contributed by atoms with van der Waals surface area (Å²) in [7, 11) is 0. The maximum Gasteiger partial charge on any atom is 0.193 e. The fraction of sp³-hybridized carbons (Fsp3) is 0.157. The van der Waals surface area contributed by atoms with E-state index in [2.05, 4.69) is 159 Å². The second-order valence-electron chi connectivity index (χ2n) is 15.8. The van der Waals surface area contributed by atoms with Crippen molar-refractivity contribution in [1.29, 1.82) is 0 Å². The first-order chi connectivity index (χ1) is 25.5. The fourth-order valence-corrected chi connectivity index (χ4v) is 11.4. The largest absolute Gasteiger partial charge is 0.289 e. The molecule has 0 N–H and O–H groups in total. The van der Waals surface area contributed by atoms with E-state index >= 15 is 0 Å². The monoisotopic (exact) mass is 664 g/mol. The van der Waals surface area contributed by atoms with Crippen LogP contribution < -0.4 is 0 Å². The van der Waals surface area contributed by atoms with Crippen molar-refractivity contribution in [2.45, 2.75) is 37.5 Å². The number of carbonyl (C=O) groups is 1. The van der Waals surface area contributed by atoms with Gasteiger partial charge >= 0.3 is 0 Å². The molecule has 7 aliphatic carbocycles.